The van der Waals surface area contributed by atoms with Crippen LogP contribution in [0, 0.1) is 23.7 Å². The van der Waals surface area contributed by atoms with Crippen molar-refractivity contribution < 1.29 is 9.59 Å². The Morgan fingerprint density at radius 2 is 1.29 bits per heavy atom. The summed E-state index contributed by atoms with van der Waals surface area (Å²) < 4.78 is 0. The van der Waals surface area contributed by atoms with Crippen LogP contribution in [-0.2, 0) is 9.59 Å². The van der Waals surface area contributed by atoms with Gasteiger partial charge in [0.05, 0.1) is 0 Å². The van der Waals surface area contributed by atoms with Crippen LogP contribution in [0.5, 0.6) is 0 Å². The molecule has 4 aliphatic carbocycles. The highest BCUT2D eigenvalue weighted by molar-refractivity contribution is 6.08. The molecule has 2 heteroatoms. The summed E-state index contributed by atoms with van der Waals surface area (Å²) >= 11 is 0. The molecule has 0 spiro atoms. The summed E-state index contributed by atoms with van der Waals surface area (Å²) in [6.45, 7) is 0. The Balaban J connectivity index is 2.09. The Hall–Kier alpha value is -1.18. The van der Waals surface area contributed by atoms with Gasteiger partial charge >= 0.3 is 0 Å². The van der Waals surface area contributed by atoms with Gasteiger partial charge in [0.2, 0.25) is 0 Å². The summed E-state index contributed by atoms with van der Waals surface area (Å²) in [7, 11) is 0. The van der Waals surface area contributed by atoms with Crippen molar-refractivity contribution >= 4 is 11.6 Å². The van der Waals surface area contributed by atoms with Crippen LogP contribution in [0.1, 0.15) is 12.8 Å². The first-order chi connectivity index (χ1) is 6.77. The number of carbonyl (C=O) groups excluding carboxylic acids is 2. The van der Waals surface area contributed by atoms with Crippen molar-refractivity contribution in [3.8, 4) is 0 Å². The average Bonchev–Trinajstić information content (AvgIpc) is 2.25. The van der Waals surface area contributed by atoms with E-state index in [2.05, 4.69) is 12.2 Å². The van der Waals surface area contributed by atoms with Gasteiger partial charge in [0.25, 0.3) is 0 Å². The third kappa shape index (κ3) is 0.912. The smallest absolute Gasteiger partial charge is 0.160 e. The summed E-state index contributed by atoms with van der Waals surface area (Å²) in [5.41, 5.74) is 0. The largest absolute Gasteiger partial charge is 0.294 e. The second kappa shape index (κ2) is 2.66. The Kier molecular flexibility index (Phi) is 1.55. The molecule has 0 amide bonds. The highest BCUT2D eigenvalue weighted by Crippen LogP contribution is 2.47. The molecule has 0 aromatic carbocycles. The van der Waals surface area contributed by atoms with Crippen molar-refractivity contribution in [1.29, 1.82) is 0 Å². The predicted octanol–water partition coefficient (Wildman–Crippen LogP) is 1.52. The van der Waals surface area contributed by atoms with Crippen LogP contribution in [0.25, 0.3) is 0 Å². The zero-order valence-electron chi connectivity index (χ0n) is 7.85. The third-order valence-electron chi connectivity index (χ3n) is 3.82. The molecule has 72 valence electrons. The fraction of sp³-hybridized carbons (Fsp3) is 0.500. The molecular weight excluding hydrogens is 176 g/mol. The fourth-order valence-electron chi connectivity index (χ4n) is 3.16. The molecule has 0 aromatic rings. The van der Waals surface area contributed by atoms with Crippen LogP contribution in [0.4, 0.5) is 0 Å². The lowest BCUT2D eigenvalue weighted by Crippen LogP contribution is -2.46. The molecule has 1 saturated carbocycles. The Labute approximate surface area is 82.7 Å². The molecule has 1 fully saturated rings. The van der Waals surface area contributed by atoms with E-state index >= 15 is 0 Å². The van der Waals surface area contributed by atoms with E-state index in [1.165, 1.54) is 12.2 Å². The monoisotopic (exact) mass is 188 g/mol. The van der Waals surface area contributed by atoms with Crippen LogP contribution in [0.2, 0.25) is 0 Å². The minimum atomic E-state index is -0.0313. The van der Waals surface area contributed by atoms with Crippen molar-refractivity contribution in [3.05, 3.63) is 24.3 Å². The lowest BCUT2D eigenvalue weighted by atomic mass is 9.58. The number of allylic oxidation sites excluding steroid dienone is 4. The summed E-state index contributed by atoms with van der Waals surface area (Å²) in [4.78, 5) is 23.4. The molecule has 0 N–H and O–H groups in total. The molecule has 0 radical (unpaired) electrons. The van der Waals surface area contributed by atoms with E-state index in [4.69, 9.17) is 0 Å². The number of rotatable bonds is 0. The number of hydrogen-bond donors (Lipinski definition) is 0. The zero-order valence-corrected chi connectivity index (χ0v) is 7.85. The van der Waals surface area contributed by atoms with E-state index in [9.17, 15) is 9.59 Å². The van der Waals surface area contributed by atoms with Crippen molar-refractivity contribution in [2.75, 3.05) is 0 Å². The van der Waals surface area contributed by atoms with E-state index in [-0.39, 0.29) is 23.4 Å². The molecule has 0 aromatic heterocycles. The highest BCUT2D eigenvalue weighted by Gasteiger charge is 2.47. The molecule has 0 heterocycles. The molecular formula is C12H12O2. The second-order valence-electron chi connectivity index (χ2n) is 4.48. The first kappa shape index (κ1) is 8.16. The molecule has 4 rings (SSSR count). The lowest BCUT2D eigenvalue weighted by molar-refractivity contribution is -0.134. The van der Waals surface area contributed by atoms with Gasteiger partial charge in [-0.1, -0.05) is 12.2 Å². The van der Waals surface area contributed by atoms with Crippen LogP contribution in [-0.4, -0.2) is 11.6 Å². The molecule has 2 bridgehead atoms. The Morgan fingerprint density at radius 3 is 1.64 bits per heavy atom. The number of hydrogen-bond acceptors (Lipinski definition) is 2. The van der Waals surface area contributed by atoms with E-state index in [1.54, 1.807) is 0 Å². The standard InChI is InChI=1S/C12H12O2/c13-9-5-6-10(14)12-8-2-1-7(3-4-8)11(9)12/h1-2,5-8,11-12H,3-4H2/t7-,8+,11?,12?. The maximum Gasteiger partial charge on any atom is 0.160 e. The number of ketones is 2. The quantitative estimate of drug-likeness (QED) is 0.540. The van der Waals surface area contributed by atoms with Gasteiger partial charge in [-0.2, -0.15) is 0 Å². The Bertz CT molecular complexity index is 331. The summed E-state index contributed by atoms with van der Waals surface area (Å²) in [5.74, 6) is 0.910. The summed E-state index contributed by atoms with van der Waals surface area (Å²) in [6, 6.07) is 0. The first-order valence-corrected chi connectivity index (χ1v) is 5.21. The van der Waals surface area contributed by atoms with Gasteiger partial charge in [-0.05, 0) is 36.8 Å². The number of carbonyl (C=O) groups is 2. The molecule has 14 heavy (non-hydrogen) atoms. The normalized spacial score (nSPS) is 44.3. The van der Waals surface area contributed by atoms with Gasteiger partial charge in [-0.25, -0.2) is 0 Å². The Morgan fingerprint density at radius 1 is 0.857 bits per heavy atom. The van der Waals surface area contributed by atoms with Crippen LogP contribution in [0.15, 0.2) is 24.3 Å². The van der Waals surface area contributed by atoms with Crippen molar-refractivity contribution in [2.24, 2.45) is 23.7 Å². The lowest BCUT2D eigenvalue weighted by Gasteiger charge is -2.43. The highest BCUT2D eigenvalue weighted by atomic mass is 16.1. The third-order valence-corrected chi connectivity index (χ3v) is 3.82. The molecule has 0 aliphatic heterocycles. The minimum Gasteiger partial charge on any atom is -0.294 e. The molecule has 2 nitrogen and oxygen atoms in total. The van der Waals surface area contributed by atoms with Crippen molar-refractivity contribution in [1.82, 2.24) is 0 Å². The van der Waals surface area contributed by atoms with Crippen LogP contribution < -0.4 is 0 Å². The molecule has 4 atom stereocenters. The van der Waals surface area contributed by atoms with Crippen molar-refractivity contribution in [3.63, 3.8) is 0 Å². The van der Waals surface area contributed by atoms with Gasteiger partial charge in [0, 0.05) is 11.8 Å². The van der Waals surface area contributed by atoms with Crippen LogP contribution in [0.3, 0.4) is 0 Å². The van der Waals surface area contributed by atoms with Crippen molar-refractivity contribution in [2.45, 2.75) is 12.8 Å². The topological polar surface area (TPSA) is 34.1 Å². The van der Waals surface area contributed by atoms with Gasteiger partial charge in [0.1, 0.15) is 0 Å². The fourth-order valence-corrected chi connectivity index (χ4v) is 3.16. The van der Waals surface area contributed by atoms with E-state index < -0.39 is 0 Å². The predicted molar refractivity (Wildman–Crippen MR) is 51.5 cm³/mol. The first-order valence-electron chi connectivity index (χ1n) is 5.21. The number of fused-ring (bicyclic) bond motifs is 1. The second-order valence-corrected chi connectivity index (χ2v) is 4.48. The van der Waals surface area contributed by atoms with Gasteiger partial charge < -0.3 is 0 Å². The van der Waals surface area contributed by atoms with E-state index in [0.717, 1.165) is 12.8 Å². The van der Waals surface area contributed by atoms with Crippen LogP contribution >= 0.6 is 0 Å². The molecule has 2 unspecified atom stereocenters. The molecule has 4 aliphatic rings. The van der Waals surface area contributed by atoms with E-state index in [1.807, 2.05) is 0 Å². The van der Waals surface area contributed by atoms with Gasteiger partial charge in [-0.15, -0.1) is 0 Å². The van der Waals surface area contributed by atoms with E-state index in [0.29, 0.717) is 11.8 Å². The maximum absolute atomic E-state index is 11.7. The molecule has 0 saturated heterocycles. The average molecular weight is 188 g/mol. The zero-order chi connectivity index (χ0) is 9.71. The summed E-state index contributed by atoms with van der Waals surface area (Å²) in [6.07, 6.45) is 9.37. The minimum absolute atomic E-state index is 0.0313. The SMILES string of the molecule is O=C1C=CC(=O)C2C1[C@@H]1C=C[C@H]2CC1. The van der Waals surface area contributed by atoms with Gasteiger partial charge in [0.15, 0.2) is 11.6 Å². The summed E-state index contributed by atoms with van der Waals surface area (Å²) in [5, 5.41) is 0. The van der Waals surface area contributed by atoms with Gasteiger partial charge in [-0.3, -0.25) is 9.59 Å². The maximum atomic E-state index is 11.7.